The number of allylic oxidation sites excluding steroid dienone is 2. The Morgan fingerprint density at radius 1 is 1.27 bits per heavy atom. The lowest BCUT2D eigenvalue weighted by Gasteiger charge is -2.35. The molecule has 1 aromatic rings. The molecule has 0 saturated carbocycles. The lowest BCUT2D eigenvalue weighted by molar-refractivity contribution is -0.133. The van der Waals surface area contributed by atoms with Crippen LogP contribution in [0.2, 0.25) is 10.0 Å². The number of Topliss-reactive ketones (excluding diaryl/α,β-unsaturated/α-hetero) is 1. The van der Waals surface area contributed by atoms with E-state index in [0.717, 1.165) is 29.0 Å². The third kappa shape index (κ3) is 3.77. The summed E-state index contributed by atoms with van der Waals surface area (Å²) in [5.41, 5.74) is 4.56. The van der Waals surface area contributed by atoms with E-state index in [1.54, 1.807) is 12.1 Å². The van der Waals surface area contributed by atoms with Crippen molar-refractivity contribution in [2.45, 2.75) is 45.1 Å². The maximum Gasteiger partial charge on any atom is 0.333 e. The first-order valence-electron chi connectivity index (χ1n) is 10.1. The summed E-state index contributed by atoms with van der Waals surface area (Å²) in [5, 5.41) is 14.4. The van der Waals surface area contributed by atoms with Gasteiger partial charge in [-0.1, -0.05) is 42.3 Å². The van der Waals surface area contributed by atoms with Gasteiger partial charge in [0.25, 0.3) is 0 Å². The molecule has 3 aliphatic rings. The molecule has 30 heavy (non-hydrogen) atoms. The second-order valence-electron chi connectivity index (χ2n) is 8.33. The van der Waals surface area contributed by atoms with E-state index in [2.05, 4.69) is 12.2 Å². The maximum atomic E-state index is 12.7. The molecule has 158 valence electrons. The van der Waals surface area contributed by atoms with E-state index in [1.165, 1.54) is 0 Å². The van der Waals surface area contributed by atoms with Gasteiger partial charge in [0, 0.05) is 35.6 Å². The molecule has 1 aliphatic heterocycles. The summed E-state index contributed by atoms with van der Waals surface area (Å²) in [5.74, 6) is -0.534. The van der Waals surface area contributed by atoms with E-state index < -0.39 is 5.97 Å². The van der Waals surface area contributed by atoms with Crippen LogP contribution in [0.15, 0.2) is 52.5 Å². The molecule has 0 spiro atoms. The first-order chi connectivity index (χ1) is 14.3. The minimum Gasteiger partial charge on any atom is -0.478 e. The molecule has 2 atom stereocenters. The Kier molecular flexibility index (Phi) is 5.69. The maximum absolute atomic E-state index is 12.7. The van der Waals surface area contributed by atoms with E-state index in [1.807, 2.05) is 24.1 Å². The van der Waals surface area contributed by atoms with Gasteiger partial charge < -0.3 is 15.3 Å². The zero-order valence-corrected chi connectivity index (χ0v) is 18.5. The number of aliphatic carboxylic acids is 1. The Hall–Kier alpha value is -2.24. The molecular formula is C23H24Cl2N2O3. The number of hydrogen-bond donors (Lipinski definition) is 2. The zero-order valence-electron chi connectivity index (χ0n) is 17.0. The number of hydrogen-bond acceptors (Lipinski definition) is 4. The highest BCUT2D eigenvalue weighted by molar-refractivity contribution is 6.35. The fraction of sp³-hybridized carbons (Fsp3) is 0.391. The molecule has 5 nitrogen and oxygen atoms in total. The number of halogens is 2. The second kappa shape index (κ2) is 8.12. The Morgan fingerprint density at radius 2 is 2.03 bits per heavy atom. The summed E-state index contributed by atoms with van der Waals surface area (Å²) >= 11 is 12.7. The number of carbonyl (C=O) groups excluding carboxylic acids is 1. The van der Waals surface area contributed by atoms with Crippen molar-refractivity contribution in [2.75, 3.05) is 7.05 Å². The van der Waals surface area contributed by atoms with Gasteiger partial charge in [-0.3, -0.25) is 4.79 Å². The molecule has 0 radical (unpaired) electrons. The number of fused-ring (bicyclic) bond motifs is 1. The Bertz CT molecular complexity index is 1030. The Labute approximate surface area is 186 Å². The number of carboxylic acid groups (broad SMARTS) is 1. The fourth-order valence-electron chi connectivity index (χ4n) is 4.83. The molecule has 0 bridgehead atoms. The predicted octanol–water partition coefficient (Wildman–Crippen LogP) is 5.23. The monoisotopic (exact) mass is 446 g/mol. The van der Waals surface area contributed by atoms with Crippen molar-refractivity contribution in [2.24, 2.45) is 5.92 Å². The second-order valence-corrected chi connectivity index (χ2v) is 9.17. The topological polar surface area (TPSA) is 69.6 Å². The first kappa shape index (κ1) is 21.0. The van der Waals surface area contributed by atoms with E-state index in [0.29, 0.717) is 47.0 Å². The van der Waals surface area contributed by atoms with Crippen LogP contribution in [-0.2, 0) is 9.59 Å². The van der Waals surface area contributed by atoms with Crippen molar-refractivity contribution in [1.82, 2.24) is 10.2 Å². The average Bonchev–Trinajstić information content (AvgIpc) is 2.86. The molecular weight excluding hydrogens is 423 g/mol. The Balaban J connectivity index is 1.97. The standard InChI is InChI=1S/C23H24Cl2N2O3/c1-12-8-14(28)11-17-20(9-12)26-19-5-3-4-16(23(29)30)22(19)27(2)21(17)15-7-6-13(24)10-18(15)25/h5-7,10,12,21,26H,3-4,8-9,11H2,1-2H3,(H,29,30). The quantitative estimate of drug-likeness (QED) is 0.650. The molecule has 4 rings (SSSR count). The molecule has 1 heterocycles. The van der Waals surface area contributed by atoms with Gasteiger partial charge in [-0.05, 0) is 48.4 Å². The largest absolute Gasteiger partial charge is 0.478 e. The van der Waals surface area contributed by atoms with Gasteiger partial charge in [-0.25, -0.2) is 4.79 Å². The number of benzene rings is 1. The lowest BCUT2D eigenvalue weighted by atomic mass is 9.91. The number of ketones is 1. The molecule has 0 saturated heterocycles. The molecule has 0 aromatic heterocycles. The normalized spacial score (nSPS) is 24.5. The van der Waals surface area contributed by atoms with E-state index >= 15 is 0 Å². The van der Waals surface area contributed by atoms with Gasteiger partial charge in [0.1, 0.15) is 5.78 Å². The molecule has 2 N–H and O–H groups in total. The number of nitrogens with one attached hydrogen (secondary N) is 1. The van der Waals surface area contributed by atoms with E-state index in [4.69, 9.17) is 23.2 Å². The summed E-state index contributed by atoms with van der Waals surface area (Å²) in [7, 11) is 1.88. The summed E-state index contributed by atoms with van der Waals surface area (Å²) in [6.07, 6.45) is 4.73. The first-order valence-corrected chi connectivity index (χ1v) is 10.9. The van der Waals surface area contributed by atoms with Crippen LogP contribution in [-0.4, -0.2) is 28.8 Å². The fourth-order valence-corrected chi connectivity index (χ4v) is 5.34. The molecule has 2 unspecified atom stereocenters. The number of carbonyl (C=O) groups is 2. The molecule has 2 aliphatic carbocycles. The van der Waals surface area contributed by atoms with E-state index in [9.17, 15) is 14.7 Å². The van der Waals surface area contributed by atoms with Gasteiger partial charge in [-0.2, -0.15) is 0 Å². The van der Waals surface area contributed by atoms with Crippen LogP contribution in [0.3, 0.4) is 0 Å². The van der Waals surface area contributed by atoms with Gasteiger partial charge in [0.15, 0.2) is 0 Å². The van der Waals surface area contributed by atoms with Crippen LogP contribution in [0.25, 0.3) is 0 Å². The van der Waals surface area contributed by atoms with Crippen LogP contribution in [0.4, 0.5) is 0 Å². The van der Waals surface area contributed by atoms with Gasteiger partial charge in [0.05, 0.1) is 23.0 Å². The average molecular weight is 447 g/mol. The van der Waals surface area contributed by atoms with Gasteiger partial charge in [0.2, 0.25) is 0 Å². The zero-order chi connectivity index (χ0) is 21.6. The minimum atomic E-state index is -0.924. The van der Waals surface area contributed by atoms with Crippen LogP contribution < -0.4 is 5.32 Å². The van der Waals surface area contributed by atoms with Gasteiger partial charge >= 0.3 is 5.97 Å². The van der Waals surface area contributed by atoms with Crippen LogP contribution in [0, 0.1) is 5.92 Å². The summed E-state index contributed by atoms with van der Waals surface area (Å²) in [4.78, 5) is 26.7. The number of carboxylic acids is 1. The summed E-state index contributed by atoms with van der Waals surface area (Å²) in [6, 6.07) is 4.98. The van der Waals surface area contributed by atoms with Crippen LogP contribution >= 0.6 is 23.2 Å². The van der Waals surface area contributed by atoms with Gasteiger partial charge in [-0.15, -0.1) is 0 Å². The Morgan fingerprint density at radius 3 is 2.73 bits per heavy atom. The highest BCUT2D eigenvalue weighted by Crippen LogP contribution is 2.45. The van der Waals surface area contributed by atoms with Crippen LogP contribution in [0.5, 0.6) is 0 Å². The predicted molar refractivity (Wildman–Crippen MR) is 117 cm³/mol. The lowest BCUT2D eigenvalue weighted by Crippen LogP contribution is -2.30. The van der Waals surface area contributed by atoms with Crippen molar-refractivity contribution >= 4 is 35.0 Å². The molecule has 1 aromatic carbocycles. The number of nitrogens with zero attached hydrogens (tertiary/aromatic N) is 1. The molecule has 7 heteroatoms. The number of likely N-dealkylation sites (N-methyl/N-ethyl adjacent to an activating group) is 1. The van der Waals surface area contributed by atoms with Crippen molar-refractivity contribution in [3.05, 3.63) is 68.1 Å². The van der Waals surface area contributed by atoms with Crippen molar-refractivity contribution in [1.29, 1.82) is 0 Å². The SMILES string of the molecule is CC1CC(=O)CC2=C(C1)NC1=CCCC(C(=O)O)=C1N(C)C2c1ccc(Cl)cc1Cl. The van der Waals surface area contributed by atoms with Crippen molar-refractivity contribution in [3.8, 4) is 0 Å². The summed E-state index contributed by atoms with van der Waals surface area (Å²) in [6.45, 7) is 2.07. The third-order valence-electron chi connectivity index (χ3n) is 6.06. The van der Waals surface area contributed by atoms with E-state index in [-0.39, 0.29) is 17.7 Å². The highest BCUT2D eigenvalue weighted by atomic mass is 35.5. The number of rotatable bonds is 2. The third-order valence-corrected chi connectivity index (χ3v) is 6.62. The smallest absolute Gasteiger partial charge is 0.333 e. The van der Waals surface area contributed by atoms with Crippen LogP contribution in [0.1, 0.15) is 50.6 Å². The summed E-state index contributed by atoms with van der Waals surface area (Å²) < 4.78 is 0. The molecule has 0 fully saturated rings. The minimum absolute atomic E-state index is 0.184. The van der Waals surface area contributed by atoms with Crippen molar-refractivity contribution in [3.63, 3.8) is 0 Å². The molecule has 0 amide bonds. The van der Waals surface area contributed by atoms with Crippen molar-refractivity contribution < 1.29 is 14.7 Å². The highest BCUT2D eigenvalue weighted by Gasteiger charge is 2.38.